The zero-order valence-electron chi connectivity index (χ0n) is 45.0. The summed E-state index contributed by atoms with van der Waals surface area (Å²) in [6.07, 6.45) is 75.4. The second-order valence-corrected chi connectivity index (χ2v) is 18.8. The van der Waals surface area contributed by atoms with Crippen molar-refractivity contribution in [1.82, 2.24) is 0 Å². The maximum atomic E-state index is 12.9. The lowest BCUT2D eigenvalue weighted by Crippen LogP contribution is -2.30. The van der Waals surface area contributed by atoms with Crippen LogP contribution in [0.25, 0.3) is 0 Å². The topological polar surface area (TPSA) is 78.9 Å². The Morgan fingerprint density at radius 3 is 0.942 bits per heavy atom. The minimum absolute atomic E-state index is 0.0903. The third-order valence-corrected chi connectivity index (χ3v) is 12.0. The molecule has 0 radical (unpaired) electrons. The van der Waals surface area contributed by atoms with Crippen LogP contribution in [0, 0.1) is 0 Å². The molecule has 0 aromatic heterocycles. The fraction of sp³-hybridized carbons (Fsp3) is 0.698. The largest absolute Gasteiger partial charge is 0.462 e. The lowest BCUT2D eigenvalue weighted by molar-refractivity contribution is -0.167. The summed E-state index contributed by atoms with van der Waals surface area (Å²) in [6.45, 7) is 6.44. The van der Waals surface area contributed by atoms with Gasteiger partial charge in [-0.2, -0.15) is 0 Å². The number of hydrogen-bond donors (Lipinski definition) is 0. The number of ether oxygens (including phenoxy) is 3. The summed E-state index contributed by atoms with van der Waals surface area (Å²) in [4.78, 5) is 38.1. The standard InChI is InChI=1S/C63H106O6/c1-4-7-10-13-16-19-22-24-26-28-30-31-33-34-36-38-41-44-47-50-53-56-62(65)68-59-60(58-67-61(64)55-52-49-46-43-40-21-18-15-12-9-6-3)69-63(66)57-54-51-48-45-42-39-37-35-32-29-27-25-23-20-17-14-11-8-5-2/h7,10,15-20,24-27,30-31,34,36,60H,4-6,8-9,11-14,21-23,28-29,32-33,35,37-59H2,1-3H3/b10-7-,18-15-,19-16-,20-17-,26-24-,27-25-,31-30-,36-34-. The van der Waals surface area contributed by atoms with E-state index < -0.39 is 6.10 Å². The molecule has 0 rings (SSSR count). The first-order chi connectivity index (χ1) is 34.0. The Labute approximate surface area is 426 Å². The number of allylic oxidation sites excluding steroid dienone is 16. The van der Waals surface area contributed by atoms with Crippen LogP contribution in [0.5, 0.6) is 0 Å². The molecule has 0 saturated heterocycles. The minimum atomic E-state index is -0.792. The van der Waals surface area contributed by atoms with Gasteiger partial charge in [-0.25, -0.2) is 0 Å². The molecule has 0 spiro atoms. The third kappa shape index (κ3) is 55.1. The molecule has 394 valence electrons. The summed E-state index contributed by atoms with van der Waals surface area (Å²) in [5.41, 5.74) is 0. The van der Waals surface area contributed by atoms with Crippen molar-refractivity contribution in [3.8, 4) is 0 Å². The van der Waals surface area contributed by atoms with Crippen molar-refractivity contribution in [1.29, 1.82) is 0 Å². The van der Waals surface area contributed by atoms with Gasteiger partial charge in [0.25, 0.3) is 0 Å². The van der Waals surface area contributed by atoms with E-state index in [-0.39, 0.29) is 31.1 Å². The average Bonchev–Trinajstić information content (AvgIpc) is 3.35. The second kappa shape index (κ2) is 56.9. The zero-order valence-corrected chi connectivity index (χ0v) is 45.0. The predicted octanol–water partition coefficient (Wildman–Crippen LogP) is 19.3. The zero-order chi connectivity index (χ0) is 50.0. The van der Waals surface area contributed by atoms with E-state index in [9.17, 15) is 14.4 Å². The Bertz CT molecular complexity index is 1380. The lowest BCUT2D eigenvalue weighted by atomic mass is 10.1. The summed E-state index contributed by atoms with van der Waals surface area (Å²) in [5.74, 6) is -0.921. The summed E-state index contributed by atoms with van der Waals surface area (Å²) in [6, 6.07) is 0. The Hall–Kier alpha value is -3.67. The first kappa shape index (κ1) is 65.3. The molecule has 1 unspecified atom stereocenters. The molecular weight excluding hydrogens is 853 g/mol. The van der Waals surface area contributed by atoms with E-state index in [4.69, 9.17) is 14.2 Å². The van der Waals surface area contributed by atoms with Gasteiger partial charge in [-0.05, 0) is 116 Å². The van der Waals surface area contributed by atoms with Gasteiger partial charge >= 0.3 is 17.9 Å². The number of esters is 3. The van der Waals surface area contributed by atoms with Crippen LogP contribution in [-0.4, -0.2) is 37.2 Å². The summed E-state index contributed by atoms with van der Waals surface area (Å²) in [5, 5.41) is 0. The molecule has 0 aliphatic heterocycles. The SMILES string of the molecule is CC/C=C\C/C=C\C/C=C\C/C=C\C/C=C\CCCCCCCC(=O)OCC(COC(=O)CCCCCCC/C=C\CCCC)OC(=O)CCCCCCCCCCC/C=C\C/C=C\CCCCC. The van der Waals surface area contributed by atoms with Crippen molar-refractivity contribution in [2.45, 2.75) is 271 Å². The molecule has 6 nitrogen and oxygen atoms in total. The number of unbranched alkanes of at least 4 members (excludes halogenated alkanes) is 24. The molecule has 0 N–H and O–H groups in total. The van der Waals surface area contributed by atoms with Gasteiger partial charge in [0, 0.05) is 19.3 Å². The molecule has 0 fully saturated rings. The molecule has 0 aliphatic carbocycles. The highest BCUT2D eigenvalue weighted by Gasteiger charge is 2.19. The van der Waals surface area contributed by atoms with Crippen molar-refractivity contribution >= 4 is 17.9 Å². The second-order valence-electron chi connectivity index (χ2n) is 18.8. The Morgan fingerprint density at radius 1 is 0.304 bits per heavy atom. The number of carbonyl (C=O) groups is 3. The molecule has 0 saturated carbocycles. The van der Waals surface area contributed by atoms with Crippen LogP contribution >= 0.6 is 0 Å². The van der Waals surface area contributed by atoms with Crippen LogP contribution < -0.4 is 0 Å². The summed E-state index contributed by atoms with van der Waals surface area (Å²) >= 11 is 0. The van der Waals surface area contributed by atoms with Crippen molar-refractivity contribution in [3.63, 3.8) is 0 Å². The minimum Gasteiger partial charge on any atom is -0.462 e. The molecule has 0 aliphatic rings. The molecule has 0 aromatic carbocycles. The highest BCUT2D eigenvalue weighted by Crippen LogP contribution is 2.15. The van der Waals surface area contributed by atoms with Gasteiger partial charge in [0.15, 0.2) is 6.10 Å². The van der Waals surface area contributed by atoms with Crippen LogP contribution in [0.2, 0.25) is 0 Å². The van der Waals surface area contributed by atoms with Crippen molar-refractivity contribution < 1.29 is 28.6 Å². The molecule has 6 heteroatoms. The van der Waals surface area contributed by atoms with E-state index in [2.05, 4.69) is 118 Å². The molecule has 0 heterocycles. The van der Waals surface area contributed by atoms with E-state index in [1.165, 1.54) is 103 Å². The quantitative estimate of drug-likeness (QED) is 0.0262. The Balaban J connectivity index is 4.39. The van der Waals surface area contributed by atoms with Gasteiger partial charge in [-0.1, -0.05) is 227 Å². The van der Waals surface area contributed by atoms with Crippen LogP contribution in [0.3, 0.4) is 0 Å². The van der Waals surface area contributed by atoms with Crippen LogP contribution in [0.15, 0.2) is 97.2 Å². The fourth-order valence-electron chi connectivity index (χ4n) is 7.71. The summed E-state index contributed by atoms with van der Waals surface area (Å²) < 4.78 is 16.8. The van der Waals surface area contributed by atoms with Gasteiger partial charge in [0.2, 0.25) is 0 Å². The van der Waals surface area contributed by atoms with Gasteiger partial charge < -0.3 is 14.2 Å². The highest BCUT2D eigenvalue weighted by molar-refractivity contribution is 5.71. The van der Waals surface area contributed by atoms with E-state index in [1.807, 2.05) is 0 Å². The smallest absolute Gasteiger partial charge is 0.306 e. The van der Waals surface area contributed by atoms with Crippen molar-refractivity contribution in [3.05, 3.63) is 97.2 Å². The lowest BCUT2D eigenvalue weighted by Gasteiger charge is -2.18. The molecule has 0 bridgehead atoms. The van der Waals surface area contributed by atoms with Gasteiger partial charge in [-0.3, -0.25) is 14.4 Å². The van der Waals surface area contributed by atoms with Crippen LogP contribution in [0.1, 0.15) is 265 Å². The third-order valence-electron chi connectivity index (χ3n) is 12.0. The molecular formula is C63H106O6. The fourth-order valence-corrected chi connectivity index (χ4v) is 7.71. The van der Waals surface area contributed by atoms with Gasteiger partial charge in [0.05, 0.1) is 0 Å². The Morgan fingerprint density at radius 2 is 0.580 bits per heavy atom. The maximum absolute atomic E-state index is 12.9. The average molecular weight is 960 g/mol. The number of carbonyl (C=O) groups excluding carboxylic acids is 3. The van der Waals surface area contributed by atoms with E-state index in [0.717, 1.165) is 122 Å². The van der Waals surface area contributed by atoms with Crippen molar-refractivity contribution in [2.24, 2.45) is 0 Å². The first-order valence-corrected chi connectivity index (χ1v) is 28.7. The van der Waals surface area contributed by atoms with Crippen LogP contribution in [0.4, 0.5) is 0 Å². The van der Waals surface area contributed by atoms with Crippen molar-refractivity contribution in [2.75, 3.05) is 13.2 Å². The molecule has 0 aromatic rings. The van der Waals surface area contributed by atoms with E-state index >= 15 is 0 Å². The van der Waals surface area contributed by atoms with E-state index in [1.54, 1.807) is 0 Å². The molecule has 0 amide bonds. The normalized spacial score (nSPS) is 12.8. The van der Waals surface area contributed by atoms with Gasteiger partial charge in [0.1, 0.15) is 13.2 Å². The number of rotatable bonds is 51. The number of hydrogen-bond acceptors (Lipinski definition) is 6. The van der Waals surface area contributed by atoms with Crippen LogP contribution in [-0.2, 0) is 28.6 Å². The first-order valence-electron chi connectivity index (χ1n) is 28.7. The predicted molar refractivity (Wildman–Crippen MR) is 297 cm³/mol. The molecule has 1 atom stereocenters. The molecule has 69 heavy (non-hydrogen) atoms. The Kier molecular flexibility index (Phi) is 53.9. The maximum Gasteiger partial charge on any atom is 0.306 e. The monoisotopic (exact) mass is 959 g/mol. The summed E-state index contributed by atoms with van der Waals surface area (Å²) in [7, 11) is 0. The van der Waals surface area contributed by atoms with E-state index in [0.29, 0.717) is 19.3 Å². The highest BCUT2D eigenvalue weighted by atomic mass is 16.6. The van der Waals surface area contributed by atoms with Gasteiger partial charge in [-0.15, -0.1) is 0 Å².